The number of carbonyl (C=O) groups is 2. The Hall–Kier alpha value is -1.15. The minimum Gasteiger partial charge on any atom is -0.479 e. The Kier molecular flexibility index (Phi) is 4.41. The number of halogens is 1. The Balaban J connectivity index is 1.98. The van der Waals surface area contributed by atoms with Crippen molar-refractivity contribution < 1.29 is 19.4 Å². The molecule has 1 fully saturated rings. The van der Waals surface area contributed by atoms with Gasteiger partial charge in [-0.25, -0.2) is 4.79 Å². The molecule has 0 aliphatic carbocycles. The molecule has 1 aromatic rings. The fourth-order valence-electron chi connectivity index (χ4n) is 1.91. The maximum absolute atomic E-state index is 11.9. The van der Waals surface area contributed by atoms with Gasteiger partial charge in [0.25, 0.3) is 5.91 Å². The van der Waals surface area contributed by atoms with Crippen LogP contribution in [0.25, 0.3) is 0 Å². The van der Waals surface area contributed by atoms with E-state index >= 15 is 0 Å². The van der Waals surface area contributed by atoms with Crippen LogP contribution in [0.3, 0.4) is 0 Å². The molecule has 102 valence electrons. The maximum Gasteiger partial charge on any atom is 0.332 e. The predicted octanol–water partition coefficient (Wildman–Crippen LogP) is 2.17. The average molecular weight is 375 g/mol. The van der Waals surface area contributed by atoms with Gasteiger partial charge in [0.05, 0.1) is 0 Å². The number of carboxylic acid groups (broad SMARTS) is 1. The number of hydrogen-bond acceptors (Lipinski definition) is 3. The van der Waals surface area contributed by atoms with Crippen LogP contribution in [0.4, 0.5) is 5.69 Å². The molecule has 0 aromatic heterocycles. The minimum atomic E-state index is -1.01. The lowest BCUT2D eigenvalue weighted by atomic mass is 10.2. The van der Waals surface area contributed by atoms with Crippen LogP contribution in [0.1, 0.15) is 18.4 Å². The van der Waals surface area contributed by atoms with Crippen LogP contribution < -0.4 is 5.32 Å². The van der Waals surface area contributed by atoms with E-state index in [4.69, 9.17) is 9.84 Å². The first-order valence-electron chi connectivity index (χ1n) is 5.92. The van der Waals surface area contributed by atoms with E-state index in [1.807, 2.05) is 25.1 Å². The smallest absolute Gasteiger partial charge is 0.332 e. The summed E-state index contributed by atoms with van der Waals surface area (Å²) < 4.78 is 6.26. The van der Waals surface area contributed by atoms with E-state index < -0.39 is 18.2 Å². The Labute approximate surface area is 124 Å². The number of carboxylic acids is 1. The summed E-state index contributed by atoms with van der Waals surface area (Å²) in [7, 11) is 0. The van der Waals surface area contributed by atoms with Crippen LogP contribution in [0.5, 0.6) is 0 Å². The van der Waals surface area contributed by atoms with Crippen molar-refractivity contribution in [1.29, 1.82) is 0 Å². The normalized spacial score (nSPS) is 22.2. The van der Waals surface area contributed by atoms with Gasteiger partial charge in [-0.1, -0.05) is 6.07 Å². The fourth-order valence-corrected chi connectivity index (χ4v) is 2.42. The lowest BCUT2D eigenvalue weighted by Crippen LogP contribution is -2.29. The van der Waals surface area contributed by atoms with Gasteiger partial charge in [0.1, 0.15) is 6.10 Å². The highest BCUT2D eigenvalue weighted by Gasteiger charge is 2.34. The van der Waals surface area contributed by atoms with Crippen molar-refractivity contribution in [1.82, 2.24) is 0 Å². The molecule has 0 unspecified atom stereocenters. The Morgan fingerprint density at radius 2 is 2.05 bits per heavy atom. The molecule has 6 heteroatoms. The molecule has 2 atom stereocenters. The zero-order chi connectivity index (χ0) is 14.0. The van der Waals surface area contributed by atoms with Crippen LogP contribution in [0.15, 0.2) is 18.2 Å². The van der Waals surface area contributed by atoms with E-state index in [0.717, 1.165) is 9.13 Å². The molecular weight excluding hydrogens is 361 g/mol. The first-order valence-corrected chi connectivity index (χ1v) is 7.00. The Bertz CT molecular complexity index is 517. The molecule has 0 bridgehead atoms. The highest BCUT2D eigenvalue weighted by Crippen LogP contribution is 2.22. The van der Waals surface area contributed by atoms with E-state index in [1.54, 1.807) is 0 Å². The number of ether oxygens (including phenoxy) is 1. The highest BCUT2D eigenvalue weighted by atomic mass is 127. The van der Waals surface area contributed by atoms with Gasteiger partial charge in [-0.3, -0.25) is 4.79 Å². The Morgan fingerprint density at radius 3 is 2.63 bits per heavy atom. The molecule has 5 nitrogen and oxygen atoms in total. The van der Waals surface area contributed by atoms with Crippen molar-refractivity contribution in [3.8, 4) is 0 Å². The van der Waals surface area contributed by atoms with Crippen molar-refractivity contribution in [2.75, 3.05) is 5.32 Å². The number of hydrogen-bond donors (Lipinski definition) is 2. The third kappa shape index (κ3) is 3.44. The molecule has 1 aliphatic rings. The molecule has 0 radical (unpaired) electrons. The van der Waals surface area contributed by atoms with Gasteiger partial charge in [-0.15, -0.1) is 0 Å². The molecule has 2 N–H and O–H groups in total. The molecule has 1 heterocycles. The lowest BCUT2D eigenvalue weighted by molar-refractivity contribution is -0.150. The Morgan fingerprint density at radius 1 is 1.37 bits per heavy atom. The topological polar surface area (TPSA) is 75.6 Å². The number of anilines is 1. The number of rotatable bonds is 3. The standard InChI is InChI=1S/C13H14INO4/c1-7-2-3-8(6-9(7)14)15-12(16)10-4-5-11(19-10)13(17)18/h2-3,6,10-11H,4-5H2,1H3,(H,15,16)(H,17,18)/t10-,11+/m0/s1. The van der Waals surface area contributed by atoms with Gasteiger partial charge >= 0.3 is 5.97 Å². The van der Waals surface area contributed by atoms with Crippen LogP contribution in [-0.4, -0.2) is 29.2 Å². The third-order valence-electron chi connectivity index (χ3n) is 3.03. The number of aliphatic carboxylic acids is 1. The molecular formula is C13H14INO4. The van der Waals surface area contributed by atoms with Crippen molar-refractivity contribution in [2.24, 2.45) is 0 Å². The molecule has 0 spiro atoms. The van der Waals surface area contributed by atoms with Crippen LogP contribution in [0.2, 0.25) is 0 Å². The van der Waals surface area contributed by atoms with E-state index in [2.05, 4.69) is 27.9 Å². The van der Waals surface area contributed by atoms with Crippen LogP contribution in [-0.2, 0) is 14.3 Å². The van der Waals surface area contributed by atoms with Crippen molar-refractivity contribution in [2.45, 2.75) is 32.0 Å². The molecule has 1 aliphatic heterocycles. The first-order chi connectivity index (χ1) is 8.97. The second-order valence-electron chi connectivity index (χ2n) is 4.48. The van der Waals surface area contributed by atoms with Crippen molar-refractivity contribution in [3.05, 3.63) is 27.3 Å². The number of aryl methyl sites for hydroxylation is 1. The van der Waals surface area contributed by atoms with Crippen LogP contribution in [0, 0.1) is 10.5 Å². The second-order valence-corrected chi connectivity index (χ2v) is 5.64. The summed E-state index contributed by atoms with van der Waals surface area (Å²) in [5.41, 5.74) is 1.84. The quantitative estimate of drug-likeness (QED) is 0.795. The van der Waals surface area contributed by atoms with Gasteiger partial charge in [-0.05, 0) is 60.1 Å². The highest BCUT2D eigenvalue weighted by molar-refractivity contribution is 14.1. The summed E-state index contributed by atoms with van der Waals surface area (Å²) >= 11 is 2.20. The van der Waals surface area contributed by atoms with Crippen LogP contribution >= 0.6 is 22.6 Å². The summed E-state index contributed by atoms with van der Waals surface area (Å²) in [5.74, 6) is -1.30. The van der Waals surface area contributed by atoms with Gasteiger partial charge < -0.3 is 15.2 Å². The summed E-state index contributed by atoms with van der Waals surface area (Å²) in [4.78, 5) is 22.7. The monoisotopic (exact) mass is 375 g/mol. The second kappa shape index (κ2) is 5.87. The van der Waals surface area contributed by atoms with E-state index in [0.29, 0.717) is 18.5 Å². The van der Waals surface area contributed by atoms with Gasteiger partial charge in [-0.2, -0.15) is 0 Å². The summed E-state index contributed by atoms with van der Waals surface area (Å²) in [6.45, 7) is 1.99. The number of amides is 1. The summed E-state index contributed by atoms with van der Waals surface area (Å²) in [6, 6.07) is 5.61. The number of nitrogens with one attached hydrogen (secondary N) is 1. The zero-order valence-corrected chi connectivity index (χ0v) is 12.5. The number of carbonyl (C=O) groups excluding carboxylic acids is 1. The van der Waals surface area contributed by atoms with Gasteiger partial charge in [0.2, 0.25) is 0 Å². The van der Waals surface area contributed by atoms with Crippen molar-refractivity contribution >= 4 is 40.2 Å². The predicted molar refractivity (Wildman–Crippen MR) is 78.1 cm³/mol. The van der Waals surface area contributed by atoms with Crippen molar-refractivity contribution in [3.63, 3.8) is 0 Å². The van der Waals surface area contributed by atoms with E-state index in [1.165, 1.54) is 0 Å². The molecule has 19 heavy (non-hydrogen) atoms. The fraction of sp³-hybridized carbons (Fsp3) is 0.385. The molecule has 1 aromatic carbocycles. The lowest BCUT2D eigenvalue weighted by Gasteiger charge is -2.12. The largest absolute Gasteiger partial charge is 0.479 e. The summed E-state index contributed by atoms with van der Waals surface area (Å²) in [5, 5.41) is 11.6. The van der Waals surface area contributed by atoms with E-state index in [9.17, 15) is 9.59 Å². The SMILES string of the molecule is Cc1ccc(NC(=O)[C@@H]2CC[C@H](C(=O)O)O2)cc1I. The van der Waals surface area contributed by atoms with Gasteiger partial charge in [0, 0.05) is 9.26 Å². The number of benzene rings is 1. The zero-order valence-electron chi connectivity index (χ0n) is 10.4. The molecule has 1 amide bonds. The van der Waals surface area contributed by atoms with Gasteiger partial charge in [0.15, 0.2) is 6.10 Å². The summed E-state index contributed by atoms with van der Waals surface area (Å²) in [6.07, 6.45) is -0.737. The maximum atomic E-state index is 11.9. The third-order valence-corrected chi connectivity index (χ3v) is 4.19. The van der Waals surface area contributed by atoms with E-state index in [-0.39, 0.29) is 5.91 Å². The molecule has 1 saturated heterocycles. The molecule has 0 saturated carbocycles. The first kappa shape index (κ1) is 14.3. The minimum absolute atomic E-state index is 0.289. The molecule has 2 rings (SSSR count). The average Bonchev–Trinajstić information content (AvgIpc) is 2.83.